The van der Waals surface area contributed by atoms with Gasteiger partial charge in [0.2, 0.25) is 0 Å². The minimum Gasteiger partial charge on any atom is -0.456 e. The molecule has 0 radical (unpaired) electrons. The topological polar surface area (TPSA) is 39.2 Å². The van der Waals surface area contributed by atoms with Crippen LogP contribution in [0.15, 0.2) is 46.9 Å². The zero-order chi connectivity index (χ0) is 14.3. The Labute approximate surface area is 124 Å². The molecule has 1 unspecified atom stereocenters. The molecule has 0 saturated heterocycles. The lowest BCUT2D eigenvalue weighted by molar-refractivity contribution is 0.502. The van der Waals surface area contributed by atoms with Gasteiger partial charge in [0.25, 0.3) is 0 Å². The third-order valence-corrected chi connectivity index (χ3v) is 3.68. The van der Waals surface area contributed by atoms with E-state index in [0.717, 1.165) is 0 Å². The molecular weight excluding hydrogens is 300 g/mol. The molecule has 0 saturated carbocycles. The molecule has 2 aromatic carbocycles. The predicted octanol–water partition coefficient (Wildman–Crippen LogP) is 4.93. The zero-order valence-electron chi connectivity index (χ0n) is 10.2. The van der Waals surface area contributed by atoms with Crippen LogP contribution in [0.2, 0.25) is 10.0 Å². The van der Waals surface area contributed by atoms with Gasteiger partial charge in [-0.15, -0.1) is 0 Å². The Morgan fingerprint density at radius 3 is 2.60 bits per heavy atom. The summed E-state index contributed by atoms with van der Waals surface area (Å²) in [5.74, 6) is 0.0393. The summed E-state index contributed by atoms with van der Waals surface area (Å²) in [7, 11) is 0. The molecule has 20 heavy (non-hydrogen) atoms. The van der Waals surface area contributed by atoms with Gasteiger partial charge >= 0.3 is 0 Å². The van der Waals surface area contributed by atoms with Gasteiger partial charge in [0, 0.05) is 15.4 Å². The number of nitrogens with two attached hydrogens (primary N) is 1. The smallest absolute Gasteiger partial charge is 0.169 e. The van der Waals surface area contributed by atoms with Crippen molar-refractivity contribution in [3.8, 4) is 0 Å². The molecule has 0 spiro atoms. The summed E-state index contributed by atoms with van der Waals surface area (Å²) in [5, 5.41) is 1.65. The normalized spacial score (nSPS) is 12.8. The SMILES string of the molecule is NC(c1cc2cccc(F)c2o1)c1ccc(Cl)cc1Cl. The van der Waals surface area contributed by atoms with E-state index in [0.29, 0.717) is 26.8 Å². The first kappa shape index (κ1) is 13.4. The number of hydrogen-bond acceptors (Lipinski definition) is 2. The third-order valence-electron chi connectivity index (χ3n) is 3.12. The van der Waals surface area contributed by atoms with Crippen LogP contribution in [0.5, 0.6) is 0 Å². The zero-order valence-corrected chi connectivity index (χ0v) is 11.8. The first-order valence-electron chi connectivity index (χ1n) is 5.95. The number of fused-ring (bicyclic) bond motifs is 1. The van der Waals surface area contributed by atoms with Gasteiger partial charge in [-0.25, -0.2) is 4.39 Å². The van der Waals surface area contributed by atoms with Crippen LogP contribution in [0.4, 0.5) is 4.39 Å². The molecule has 0 aliphatic heterocycles. The van der Waals surface area contributed by atoms with E-state index in [1.807, 2.05) is 0 Å². The van der Waals surface area contributed by atoms with E-state index in [9.17, 15) is 4.39 Å². The summed E-state index contributed by atoms with van der Waals surface area (Å²) in [6.07, 6.45) is 0. The molecular formula is C15H10Cl2FNO. The maximum Gasteiger partial charge on any atom is 0.169 e. The van der Waals surface area contributed by atoms with Crippen LogP contribution in [0, 0.1) is 5.82 Å². The fraction of sp³-hybridized carbons (Fsp3) is 0.0667. The van der Waals surface area contributed by atoms with Gasteiger partial charge in [-0.2, -0.15) is 0 Å². The van der Waals surface area contributed by atoms with Crippen LogP contribution in [-0.4, -0.2) is 0 Å². The molecule has 0 fully saturated rings. The Bertz CT molecular complexity index is 785. The standard InChI is InChI=1S/C15H10Cl2FNO/c16-9-4-5-10(11(17)7-9)14(19)13-6-8-2-1-3-12(18)15(8)20-13/h1-7,14H,19H2. The van der Waals surface area contributed by atoms with Crippen LogP contribution in [0.3, 0.4) is 0 Å². The van der Waals surface area contributed by atoms with E-state index in [4.69, 9.17) is 33.4 Å². The van der Waals surface area contributed by atoms with Gasteiger partial charge in [-0.1, -0.05) is 41.4 Å². The van der Waals surface area contributed by atoms with Crippen molar-refractivity contribution in [1.82, 2.24) is 0 Å². The van der Waals surface area contributed by atoms with Crippen LogP contribution in [0.25, 0.3) is 11.0 Å². The molecule has 0 bridgehead atoms. The Morgan fingerprint density at radius 1 is 1.10 bits per heavy atom. The van der Waals surface area contributed by atoms with Gasteiger partial charge in [0.15, 0.2) is 11.4 Å². The average molecular weight is 310 g/mol. The predicted molar refractivity (Wildman–Crippen MR) is 78.7 cm³/mol. The van der Waals surface area contributed by atoms with Gasteiger partial charge in [0.1, 0.15) is 5.76 Å². The second kappa shape index (κ2) is 5.09. The largest absolute Gasteiger partial charge is 0.456 e. The molecule has 1 atom stereocenters. The molecule has 1 heterocycles. The molecule has 0 aliphatic rings. The van der Waals surface area contributed by atoms with Gasteiger partial charge in [0.05, 0.1) is 6.04 Å². The van der Waals surface area contributed by atoms with Crippen molar-refractivity contribution in [3.05, 3.63) is 69.7 Å². The Kier molecular flexibility index (Phi) is 3.42. The maximum absolute atomic E-state index is 13.6. The van der Waals surface area contributed by atoms with Crippen molar-refractivity contribution >= 4 is 34.2 Å². The number of benzene rings is 2. The highest BCUT2D eigenvalue weighted by Crippen LogP contribution is 2.32. The first-order chi connectivity index (χ1) is 9.56. The van der Waals surface area contributed by atoms with Crippen molar-refractivity contribution in [1.29, 1.82) is 0 Å². The molecule has 3 aromatic rings. The van der Waals surface area contributed by atoms with Crippen molar-refractivity contribution in [2.24, 2.45) is 5.73 Å². The Balaban J connectivity index is 2.08. The fourth-order valence-corrected chi connectivity index (χ4v) is 2.63. The Hall–Kier alpha value is -1.55. The maximum atomic E-state index is 13.6. The van der Waals surface area contributed by atoms with E-state index < -0.39 is 11.9 Å². The molecule has 3 rings (SSSR count). The molecule has 5 heteroatoms. The summed E-state index contributed by atoms with van der Waals surface area (Å²) < 4.78 is 19.1. The van der Waals surface area contributed by atoms with Gasteiger partial charge in [-0.3, -0.25) is 0 Å². The van der Waals surface area contributed by atoms with E-state index in [2.05, 4.69) is 0 Å². The second-order valence-corrected chi connectivity index (χ2v) is 5.29. The number of halogens is 3. The van der Waals surface area contributed by atoms with Crippen molar-refractivity contribution in [3.63, 3.8) is 0 Å². The van der Waals surface area contributed by atoms with Crippen LogP contribution in [-0.2, 0) is 0 Å². The molecule has 0 aliphatic carbocycles. The van der Waals surface area contributed by atoms with Crippen molar-refractivity contribution in [2.45, 2.75) is 6.04 Å². The Morgan fingerprint density at radius 2 is 1.90 bits per heavy atom. The number of rotatable bonds is 2. The summed E-state index contributed by atoms with van der Waals surface area (Å²) in [4.78, 5) is 0. The molecule has 102 valence electrons. The minimum absolute atomic E-state index is 0.197. The third kappa shape index (κ3) is 2.29. The average Bonchev–Trinajstić information content (AvgIpc) is 2.83. The number of hydrogen-bond donors (Lipinski definition) is 1. The van der Waals surface area contributed by atoms with E-state index in [-0.39, 0.29) is 5.58 Å². The lowest BCUT2D eigenvalue weighted by Gasteiger charge is -2.11. The van der Waals surface area contributed by atoms with Crippen molar-refractivity contribution in [2.75, 3.05) is 0 Å². The van der Waals surface area contributed by atoms with Crippen LogP contribution < -0.4 is 5.73 Å². The quantitative estimate of drug-likeness (QED) is 0.729. The van der Waals surface area contributed by atoms with E-state index >= 15 is 0 Å². The molecule has 2 N–H and O–H groups in total. The van der Waals surface area contributed by atoms with Gasteiger partial charge in [-0.05, 0) is 29.8 Å². The monoisotopic (exact) mass is 309 g/mol. The summed E-state index contributed by atoms with van der Waals surface area (Å²) in [6, 6.07) is 10.9. The van der Waals surface area contributed by atoms with Crippen molar-refractivity contribution < 1.29 is 8.81 Å². The first-order valence-corrected chi connectivity index (χ1v) is 6.70. The molecule has 0 amide bonds. The highest BCUT2D eigenvalue weighted by atomic mass is 35.5. The van der Waals surface area contributed by atoms with Gasteiger partial charge < -0.3 is 10.2 Å². The summed E-state index contributed by atoms with van der Waals surface area (Å²) in [5.41, 5.74) is 7.01. The summed E-state index contributed by atoms with van der Waals surface area (Å²) in [6.45, 7) is 0. The lowest BCUT2D eigenvalue weighted by atomic mass is 10.1. The minimum atomic E-state index is -0.577. The number of para-hydroxylation sites is 1. The molecule has 1 aromatic heterocycles. The fourth-order valence-electron chi connectivity index (χ4n) is 2.11. The number of furan rings is 1. The lowest BCUT2D eigenvalue weighted by Crippen LogP contribution is -2.11. The molecule has 2 nitrogen and oxygen atoms in total. The highest BCUT2D eigenvalue weighted by molar-refractivity contribution is 6.35. The summed E-state index contributed by atoms with van der Waals surface area (Å²) >= 11 is 12.0. The highest BCUT2D eigenvalue weighted by Gasteiger charge is 2.18. The second-order valence-electron chi connectivity index (χ2n) is 4.45. The van der Waals surface area contributed by atoms with E-state index in [1.54, 1.807) is 36.4 Å². The van der Waals surface area contributed by atoms with Crippen LogP contribution >= 0.6 is 23.2 Å². The van der Waals surface area contributed by atoms with Crippen LogP contribution in [0.1, 0.15) is 17.4 Å². The van der Waals surface area contributed by atoms with E-state index in [1.165, 1.54) is 6.07 Å².